The number of benzene rings is 2. The van der Waals surface area contributed by atoms with Gasteiger partial charge in [-0.1, -0.05) is 12.1 Å². The molecular weight excluding hydrogens is 438 g/mol. The number of hydrogen-bond acceptors (Lipinski definition) is 6. The van der Waals surface area contributed by atoms with Gasteiger partial charge in [0.1, 0.15) is 13.2 Å². The maximum Gasteiger partial charge on any atom is 0.324 e. The van der Waals surface area contributed by atoms with Crippen molar-refractivity contribution in [2.45, 2.75) is 19.4 Å². The normalized spacial score (nSPS) is 18.1. The van der Waals surface area contributed by atoms with Crippen LogP contribution in [-0.2, 0) is 11.3 Å². The Morgan fingerprint density at radius 3 is 2.26 bits per heavy atom. The number of nitrogens with one attached hydrogen (secondary N) is 1. The average Bonchev–Trinajstić information content (AvgIpc) is 3.20. The quantitative estimate of drug-likeness (QED) is 0.539. The Morgan fingerprint density at radius 2 is 1.59 bits per heavy atom. The van der Waals surface area contributed by atoms with Crippen LogP contribution in [0.3, 0.4) is 0 Å². The summed E-state index contributed by atoms with van der Waals surface area (Å²) in [6.07, 6.45) is 1.20. The highest BCUT2D eigenvalue weighted by Gasteiger charge is 2.30. The number of imide groups is 1. The predicted molar refractivity (Wildman–Crippen MR) is 121 cm³/mol. The van der Waals surface area contributed by atoms with E-state index in [0.717, 1.165) is 10.5 Å². The molecule has 0 radical (unpaired) electrons. The molecule has 3 heterocycles. The summed E-state index contributed by atoms with van der Waals surface area (Å²) >= 11 is 0. The number of hydrogen-bond donors (Lipinski definition) is 1. The van der Waals surface area contributed by atoms with Crippen LogP contribution in [0.5, 0.6) is 11.5 Å². The molecule has 1 N–H and O–H groups in total. The van der Waals surface area contributed by atoms with E-state index in [2.05, 4.69) is 5.32 Å². The largest absolute Gasteiger partial charge is 0.486 e. The van der Waals surface area contributed by atoms with Crippen LogP contribution in [0.25, 0.3) is 0 Å². The van der Waals surface area contributed by atoms with Crippen molar-refractivity contribution < 1.29 is 28.7 Å². The molecule has 0 saturated carbocycles. The van der Waals surface area contributed by atoms with Crippen molar-refractivity contribution >= 4 is 23.6 Å². The first-order valence-corrected chi connectivity index (χ1v) is 11.4. The molecule has 0 aromatic heterocycles. The second kappa shape index (κ2) is 9.17. The zero-order chi connectivity index (χ0) is 23.7. The van der Waals surface area contributed by atoms with Gasteiger partial charge in [0.15, 0.2) is 17.3 Å². The minimum atomic E-state index is -0.404. The summed E-state index contributed by atoms with van der Waals surface area (Å²) in [5.41, 5.74) is 1.91. The Morgan fingerprint density at radius 1 is 0.912 bits per heavy atom. The second-order valence-electron chi connectivity index (χ2n) is 8.62. The molecule has 2 saturated heterocycles. The lowest BCUT2D eigenvalue weighted by atomic mass is 9.88. The number of Topliss-reactive ketones (excluding diaryl/α,β-unsaturated/α-hetero) is 1. The Kier molecular flexibility index (Phi) is 5.91. The van der Waals surface area contributed by atoms with Crippen molar-refractivity contribution in [3.8, 4) is 11.5 Å². The van der Waals surface area contributed by atoms with E-state index in [0.29, 0.717) is 61.8 Å². The number of ketones is 1. The van der Waals surface area contributed by atoms with Gasteiger partial charge in [0.25, 0.3) is 5.91 Å². The molecule has 0 atom stereocenters. The minimum absolute atomic E-state index is 0.0164. The standard InChI is InChI=1S/C25H25N3O6/c29-22-14-26-25(32)28(22)15-16-1-3-18(4-2-16)24(31)27-9-7-17(8-10-27)23(30)19-5-6-20-21(13-19)34-12-11-33-20/h1-6,13,17H,7-12,14-15H2,(H,26,32). The molecule has 3 aliphatic rings. The first-order valence-electron chi connectivity index (χ1n) is 11.4. The lowest BCUT2D eigenvalue weighted by molar-refractivity contribution is -0.125. The van der Waals surface area contributed by atoms with Crippen LogP contribution in [0.1, 0.15) is 39.1 Å². The number of nitrogens with zero attached hydrogens (tertiary/aromatic N) is 2. The van der Waals surface area contributed by atoms with Crippen molar-refractivity contribution in [1.29, 1.82) is 0 Å². The SMILES string of the molecule is O=C(c1ccc2c(c1)OCCO2)C1CCN(C(=O)c2ccc(CN3C(=O)CNC3=O)cc2)CC1. The zero-order valence-electron chi connectivity index (χ0n) is 18.6. The summed E-state index contributed by atoms with van der Waals surface area (Å²) in [4.78, 5) is 52.3. The van der Waals surface area contributed by atoms with Gasteiger partial charge in [-0.15, -0.1) is 0 Å². The first kappa shape index (κ1) is 21.9. The van der Waals surface area contributed by atoms with Gasteiger partial charge >= 0.3 is 6.03 Å². The molecule has 2 fully saturated rings. The van der Waals surface area contributed by atoms with E-state index in [4.69, 9.17) is 9.47 Å². The number of urea groups is 1. The van der Waals surface area contributed by atoms with Gasteiger partial charge in [0.2, 0.25) is 5.91 Å². The van der Waals surface area contributed by atoms with E-state index in [9.17, 15) is 19.2 Å². The third-order valence-electron chi connectivity index (χ3n) is 6.46. The Hall–Kier alpha value is -3.88. The van der Waals surface area contributed by atoms with E-state index < -0.39 is 6.03 Å². The number of carbonyl (C=O) groups is 4. The van der Waals surface area contributed by atoms with Crippen LogP contribution < -0.4 is 14.8 Å². The van der Waals surface area contributed by atoms with Crippen molar-refractivity contribution in [3.05, 3.63) is 59.2 Å². The Bertz CT molecular complexity index is 1120. The minimum Gasteiger partial charge on any atom is -0.486 e. The number of piperidine rings is 1. The summed E-state index contributed by atoms with van der Waals surface area (Å²) in [6, 6.07) is 11.8. The molecular formula is C25H25N3O6. The smallest absolute Gasteiger partial charge is 0.324 e. The summed E-state index contributed by atoms with van der Waals surface area (Å²) in [5.74, 6) is 0.824. The molecule has 9 heteroatoms. The summed E-state index contributed by atoms with van der Waals surface area (Å²) in [7, 11) is 0. The summed E-state index contributed by atoms with van der Waals surface area (Å²) in [6.45, 7) is 2.17. The zero-order valence-corrected chi connectivity index (χ0v) is 18.6. The van der Waals surface area contributed by atoms with Gasteiger partial charge in [-0.2, -0.15) is 0 Å². The van der Waals surface area contributed by atoms with Crippen molar-refractivity contribution in [2.24, 2.45) is 5.92 Å². The van der Waals surface area contributed by atoms with Gasteiger partial charge < -0.3 is 19.7 Å². The van der Waals surface area contributed by atoms with Gasteiger partial charge in [-0.05, 0) is 48.7 Å². The van der Waals surface area contributed by atoms with Crippen LogP contribution in [0.4, 0.5) is 4.79 Å². The van der Waals surface area contributed by atoms with E-state index >= 15 is 0 Å². The van der Waals surface area contributed by atoms with Crippen molar-refractivity contribution in [1.82, 2.24) is 15.1 Å². The van der Waals surface area contributed by atoms with Crippen LogP contribution >= 0.6 is 0 Å². The molecule has 34 heavy (non-hydrogen) atoms. The highest BCUT2D eigenvalue weighted by atomic mass is 16.6. The fraction of sp³-hybridized carbons (Fsp3) is 0.360. The molecule has 2 aromatic rings. The molecule has 2 aromatic carbocycles. The average molecular weight is 463 g/mol. The fourth-order valence-corrected chi connectivity index (χ4v) is 4.51. The van der Waals surface area contributed by atoms with Crippen LogP contribution in [0.2, 0.25) is 0 Å². The fourth-order valence-electron chi connectivity index (χ4n) is 4.51. The summed E-state index contributed by atoms with van der Waals surface area (Å²) in [5, 5.41) is 2.49. The number of carbonyl (C=O) groups excluding carboxylic acids is 4. The third-order valence-corrected chi connectivity index (χ3v) is 6.46. The van der Waals surface area contributed by atoms with E-state index in [1.54, 1.807) is 47.4 Å². The van der Waals surface area contributed by atoms with Gasteiger partial charge in [-0.3, -0.25) is 19.3 Å². The molecule has 0 unspecified atom stereocenters. The lowest BCUT2D eigenvalue weighted by Crippen LogP contribution is -2.40. The number of likely N-dealkylation sites (tertiary alicyclic amines) is 1. The molecule has 0 spiro atoms. The highest BCUT2D eigenvalue weighted by molar-refractivity contribution is 6.02. The van der Waals surface area contributed by atoms with Gasteiger partial charge in [0.05, 0.1) is 13.1 Å². The third kappa shape index (κ3) is 4.33. The van der Waals surface area contributed by atoms with E-state index in [-0.39, 0.29) is 36.6 Å². The maximum atomic E-state index is 13.0. The monoisotopic (exact) mass is 463 g/mol. The number of fused-ring (bicyclic) bond motifs is 1. The molecule has 0 aliphatic carbocycles. The highest BCUT2D eigenvalue weighted by Crippen LogP contribution is 2.32. The number of rotatable bonds is 5. The Labute approximate surface area is 196 Å². The number of ether oxygens (including phenoxy) is 2. The van der Waals surface area contributed by atoms with Crippen LogP contribution in [-0.4, -0.2) is 66.3 Å². The first-order chi connectivity index (χ1) is 16.5. The molecule has 176 valence electrons. The van der Waals surface area contributed by atoms with Crippen molar-refractivity contribution in [2.75, 3.05) is 32.8 Å². The second-order valence-corrected chi connectivity index (χ2v) is 8.62. The molecule has 9 nitrogen and oxygen atoms in total. The summed E-state index contributed by atoms with van der Waals surface area (Å²) < 4.78 is 11.1. The number of amides is 4. The van der Waals surface area contributed by atoms with Gasteiger partial charge in [-0.25, -0.2) is 4.79 Å². The van der Waals surface area contributed by atoms with Crippen molar-refractivity contribution in [3.63, 3.8) is 0 Å². The van der Waals surface area contributed by atoms with Crippen LogP contribution in [0, 0.1) is 5.92 Å². The molecule has 0 bridgehead atoms. The topological polar surface area (TPSA) is 105 Å². The molecule has 5 rings (SSSR count). The molecule has 3 aliphatic heterocycles. The van der Waals surface area contributed by atoms with E-state index in [1.165, 1.54) is 0 Å². The Balaban J connectivity index is 1.17. The maximum absolute atomic E-state index is 13.0. The molecule has 4 amide bonds. The van der Waals surface area contributed by atoms with E-state index in [1.807, 2.05) is 0 Å². The van der Waals surface area contributed by atoms with Gasteiger partial charge in [0, 0.05) is 30.1 Å². The predicted octanol–water partition coefficient (Wildman–Crippen LogP) is 2.24. The lowest BCUT2D eigenvalue weighted by Gasteiger charge is -2.31. The van der Waals surface area contributed by atoms with Crippen LogP contribution in [0.15, 0.2) is 42.5 Å².